The fraction of sp³-hybridized carbons (Fsp3) is 0.958. The van der Waals surface area contributed by atoms with Gasteiger partial charge in [-0.25, -0.2) is 0 Å². The monoisotopic (exact) mass is 493 g/mol. The Morgan fingerprint density at radius 1 is 0.788 bits per heavy atom. The Balaban J connectivity index is 1.91. The third-order valence-electron chi connectivity index (χ3n) is 6.12. The lowest BCUT2D eigenvalue weighted by atomic mass is 9.99. The zero-order valence-electron chi connectivity index (χ0n) is 20.1. The van der Waals surface area contributed by atoms with E-state index in [1.54, 1.807) is 0 Å². The van der Waals surface area contributed by atoms with Crippen LogP contribution in [0.25, 0.3) is 0 Å². The van der Waals surface area contributed by atoms with Crippen LogP contribution >= 0.6 is 12.6 Å². The molecule has 0 aliphatic carbocycles. The number of unbranched alkanes of at least 4 members (excludes halogenated alkanes) is 12. The summed E-state index contributed by atoms with van der Waals surface area (Å²) in [5.74, 6) is 0.968. The molecule has 8 nitrogen and oxygen atoms in total. The first kappa shape index (κ1) is 30.6. The standard InChI is InChI=1S/C24H47NO7S/c26-18-19-21(28)22(29)23(30)24(32-19)31-16-15-25-20(27)14-12-10-8-6-4-2-1-3-5-7-9-11-13-17-33/h19,21-24,26,28-30,33H,1-18H2,(H,25,27)/t19-,21+,22+,23-,24-/m1/s1. The molecule has 5 N–H and O–H groups in total. The lowest BCUT2D eigenvalue weighted by Gasteiger charge is -2.39. The maximum absolute atomic E-state index is 11.9. The van der Waals surface area contributed by atoms with E-state index in [-0.39, 0.29) is 19.1 Å². The lowest BCUT2D eigenvalue weighted by Crippen LogP contribution is -2.59. The van der Waals surface area contributed by atoms with Gasteiger partial charge in [-0.3, -0.25) is 4.79 Å². The van der Waals surface area contributed by atoms with Crippen LogP contribution in [0.2, 0.25) is 0 Å². The Kier molecular flexibility index (Phi) is 18.4. The van der Waals surface area contributed by atoms with E-state index in [1.165, 1.54) is 64.2 Å². The van der Waals surface area contributed by atoms with Gasteiger partial charge >= 0.3 is 0 Å². The van der Waals surface area contributed by atoms with Crippen molar-refractivity contribution < 1.29 is 34.7 Å². The van der Waals surface area contributed by atoms with Gasteiger partial charge in [-0.05, 0) is 18.6 Å². The molecule has 0 aromatic heterocycles. The van der Waals surface area contributed by atoms with Gasteiger partial charge in [0.05, 0.1) is 13.2 Å². The predicted octanol–water partition coefficient (Wildman–Crippen LogP) is 2.31. The Hall–Kier alpha value is -0.420. The van der Waals surface area contributed by atoms with Crippen molar-refractivity contribution in [1.29, 1.82) is 0 Å². The first-order valence-corrected chi connectivity index (χ1v) is 13.4. The molecular formula is C24H47NO7S. The molecule has 9 heteroatoms. The van der Waals surface area contributed by atoms with Gasteiger partial charge in [0, 0.05) is 13.0 Å². The molecule has 196 valence electrons. The maximum Gasteiger partial charge on any atom is 0.220 e. The molecule has 0 spiro atoms. The van der Waals surface area contributed by atoms with Crippen molar-refractivity contribution in [2.45, 2.75) is 121 Å². The molecule has 33 heavy (non-hydrogen) atoms. The second-order valence-electron chi connectivity index (χ2n) is 8.99. The molecule has 0 bridgehead atoms. The number of aliphatic hydroxyl groups is 4. The SMILES string of the molecule is O=C(CCCCCCCCCCCCCCCS)NCCO[C@@H]1O[C@H](CO)[C@H](O)[C@H](O)[C@H]1O. The van der Waals surface area contributed by atoms with Crippen LogP contribution < -0.4 is 5.32 Å². The Morgan fingerprint density at radius 3 is 1.82 bits per heavy atom. The molecule has 1 saturated heterocycles. The van der Waals surface area contributed by atoms with Crippen LogP contribution in [0.5, 0.6) is 0 Å². The molecule has 0 unspecified atom stereocenters. The van der Waals surface area contributed by atoms with Crippen LogP contribution in [-0.2, 0) is 14.3 Å². The van der Waals surface area contributed by atoms with Crippen LogP contribution in [-0.4, -0.2) is 82.6 Å². The van der Waals surface area contributed by atoms with E-state index in [0.717, 1.165) is 25.0 Å². The summed E-state index contributed by atoms with van der Waals surface area (Å²) in [7, 11) is 0. The summed E-state index contributed by atoms with van der Waals surface area (Å²) in [6.45, 7) is -0.161. The average molecular weight is 494 g/mol. The number of thiol groups is 1. The quantitative estimate of drug-likeness (QED) is 0.113. The molecule has 1 aliphatic heterocycles. The highest BCUT2D eigenvalue weighted by atomic mass is 32.1. The highest BCUT2D eigenvalue weighted by molar-refractivity contribution is 7.80. The van der Waals surface area contributed by atoms with Crippen LogP contribution in [0.4, 0.5) is 0 Å². The predicted molar refractivity (Wildman–Crippen MR) is 131 cm³/mol. The molecular weight excluding hydrogens is 446 g/mol. The van der Waals surface area contributed by atoms with Crippen LogP contribution in [0, 0.1) is 0 Å². The molecule has 0 radical (unpaired) electrons. The maximum atomic E-state index is 11.9. The molecule has 5 atom stereocenters. The molecule has 1 aliphatic rings. The number of ether oxygens (including phenoxy) is 2. The minimum atomic E-state index is -1.46. The van der Waals surface area contributed by atoms with Crippen LogP contribution in [0.15, 0.2) is 0 Å². The summed E-state index contributed by atoms with van der Waals surface area (Å²) in [5.41, 5.74) is 0. The Labute approximate surface area is 204 Å². The van der Waals surface area contributed by atoms with Gasteiger partial charge in [0.1, 0.15) is 24.4 Å². The molecule has 0 aromatic carbocycles. The second kappa shape index (κ2) is 19.8. The average Bonchev–Trinajstić information content (AvgIpc) is 2.81. The summed E-state index contributed by atoms with van der Waals surface area (Å²) in [6, 6.07) is 0. The molecule has 1 rings (SSSR count). The number of rotatable bonds is 20. The van der Waals surface area contributed by atoms with Gasteiger partial charge in [0.2, 0.25) is 5.91 Å². The van der Waals surface area contributed by atoms with Crippen LogP contribution in [0.1, 0.15) is 89.9 Å². The molecule has 0 saturated carbocycles. The highest BCUT2D eigenvalue weighted by Crippen LogP contribution is 2.21. The van der Waals surface area contributed by atoms with E-state index in [9.17, 15) is 20.1 Å². The second-order valence-corrected chi connectivity index (χ2v) is 9.44. The number of hydrogen-bond donors (Lipinski definition) is 6. The van der Waals surface area contributed by atoms with E-state index in [4.69, 9.17) is 14.6 Å². The molecule has 0 aromatic rings. The van der Waals surface area contributed by atoms with Crippen molar-refractivity contribution in [2.24, 2.45) is 0 Å². The van der Waals surface area contributed by atoms with Crippen molar-refractivity contribution in [1.82, 2.24) is 5.32 Å². The Bertz CT molecular complexity index is 484. The van der Waals surface area contributed by atoms with Gasteiger partial charge in [-0.2, -0.15) is 12.6 Å². The Morgan fingerprint density at radius 2 is 1.30 bits per heavy atom. The fourth-order valence-corrected chi connectivity index (χ4v) is 4.22. The van der Waals surface area contributed by atoms with Gasteiger partial charge < -0.3 is 35.2 Å². The third kappa shape index (κ3) is 13.9. The summed E-state index contributed by atoms with van der Waals surface area (Å²) in [6.07, 6.45) is 10.2. The zero-order chi connectivity index (χ0) is 24.3. The minimum Gasteiger partial charge on any atom is -0.394 e. The molecule has 1 amide bonds. The van der Waals surface area contributed by atoms with E-state index in [1.807, 2.05) is 0 Å². The minimum absolute atomic E-state index is 0.0400. The van der Waals surface area contributed by atoms with Gasteiger partial charge in [-0.1, -0.05) is 70.6 Å². The first-order valence-electron chi connectivity index (χ1n) is 12.8. The van der Waals surface area contributed by atoms with Gasteiger partial charge in [0.25, 0.3) is 0 Å². The number of amides is 1. The summed E-state index contributed by atoms with van der Waals surface area (Å²) in [4.78, 5) is 11.9. The number of carbonyl (C=O) groups excluding carboxylic acids is 1. The first-order chi connectivity index (χ1) is 16.0. The van der Waals surface area contributed by atoms with Crippen molar-refractivity contribution in [3.05, 3.63) is 0 Å². The van der Waals surface area contributed by atoms with Crippen molar-refractivity contribution >= 4 is 18.5 Å². The lowest BCUT2D eigenvalue weighted by molar-refractivity contribution is -0.300. The van der Waals surface area contributed by atoms with Crippen molar-refractivity contribution in [3.63, 3.8) is 0 Å². The summed E-state index contributed by atoms with van der Waals surface area (Å²) >= 11 is 4.23. The largest absolute Gasteiger partial charge is 0.394 e. The van der Waals surface area contributed by atoms with Crippen molar-refractivity contribution in [2.75, 3.05) is 25.5 Å². The zero-order valence-corrected chi connectivity index (χ0v) is 21.0. The van der Waals surface area contributed by atoms with Crippen molar-refractivity contribution in [3.8, 4) is 0 Å². The number of nitrogens with one attached hydrogen (secondary N) is 1. The topological polar surface area (TPSA) is 128 Å². The van der Waals surface area contributed by atoms with Gasteiger partial charge in [-0.15, -0.1) is 0 Å². The number of carbonyl (C=O) groups is 1. The number of hydrogen-bond acceptors (Lipinski definition) is 8. The summed E-state index contributed by atoms with van der Waals surface area (Å²) in [5, 5.41) is 41.3. The molecule has 1 fully saturated rings. The van der Waals surface area contributed by atoms with E-state index < -0.39 is 37.3 Å². The van der Waals surface area contributed by atoms with E-state index in [2.05, 4.69) is 17.9 Å². The van der Waals surface area contributed by atoms with Crippen LogP contribution in [0.3, 0.4) is 0 Å². The highest BCUT2D eigenvalue weighted by Gasteiger charge is 2.43. The fourth-order valence-electron chi connectivity index (χ4n) is 4.00. The third-order valence-corrected chi connectivity index (χ3v) is 6.43. The van der Waals surface area contributed by atoms with E-state index >= 15 is 0 Å². The normalized spacial score (nSPS) is 25.3. The summed E-state index contributed by atoms with van der Waals surface area (Å²) < 4.78 is 10.6. The smallest absolute Gasteiger partial charge is 0.220 e. The molecule has 1 heterocycles. The van der Waals surface area contributed by atoms with E-state index in [0.29, 0.717) is 6.42 Å². The number of aliphatic hydroxyl groups excluding tert-OH is 4. The van der Waals surface area contributed by atoms with Gasteiger partial charge in [0.15, 0.2) is 6.29 Å².